The van der Waals surface area contributed by atoms with Crippen molar-refractivity contribution in [1.82, 2.24) is 14.5 Å². The topological polar surface area (TPSA) is 56.0 Å². The standard InChI is InChI=1S/C15H18FN3O2/c1-18-13-7-11(16)4-5-12(13)14(20)19(15(18)21)9-10-3-2-6-17-8-10/h4-5,7,10,17H,2-3,6,8-9H2,1H3. The van der Waals surface area contributed by atoms with E-state index in [4.69, 9.17) is 0 Å². The van der Waals surface area contributed by atoms with Gasteiger partial charge in [0.2, 0.25) is 0 Å². The number of rotatable bonds is 2. The number of nitrogens with one attached hydrogen (secondary N) is 1. The molecule has 0 amide bonds. The van der Waals surface area contributed by atoms with Gasteiger partial charge in [-0.3, -0.25) is 13.9 Å². The maximum absolute atomic E-state index is 13.3. The minimum atomic E-state index is -0.453. The normalized spacial score (nSPS) is 19.0. The van der Waals surface area contributed by atoms with E-state index in [2.05, 4.69) is 5.32 Å². The van der Waals surface area contributed by atoms with Crippen LogP contribution in [0.4, 0.5) is 4.39 Å². The lowest BCUT2D eigenvalue weighted by Gasteiger charge is -2.23. The number of halogens is 1. The largest absolute Gasteiger partial charge is 0.331 e. The third-order valence-corrected chi connectivity index (χ3v) is 4.15. The second-order valence-electron chi connectivity index (χ2n) is 5.63. The van der Waals surface area contributed by atoms with Crippen molar-refractivity contribution in [2.24, 2.45) is 13.0 Å². The van der Waals surface area contributed by atoms with Gasteiger partial charge in [-0.15, -0.1) is 0 Å². The Bertz CT molecular complexity index is 788. The average Bonchev–Trinajstić information content (AvgIpc) is 2.50. The molecule has 6 heteroatoms. The van der Waals surface area contributed by atoms with Crippen molar-refractivity contribution in [2.45, 2.75) is 19.4 Å². The van der Waals surface area contributed by atoms with Crippen LogP contribution in [0.2, 0.25) is 0 Å². The smallest absolute Gasteiger partial charge is 0.316 e. The number of hydrogen-bond donors (Lipinski definition) is 1. The molecular weight excluding hydrogens is 273 g/mol. The van der Waals surface area contributed by atoms with Crippen LogP contribution in [0.15, 0.2) is 27.8 Å². The second-order valence-corrected chi connectivity index (χ2v) is 5.63. The number of benzene rings is 1. The van der Waals surface area contributed by atoms with Crippen LogP contribution in [0.1, 0.15) is 12.8 Å². The summed E-state index contributed by atoms with van der Waals surface area (Å²) in [6.07, 6.45) is 2.06. The summed E-state index contributed by atoms with van der Waals surface area (Å²) in [6.45, 7) is 2.21. The molecule has 2 aromatic rings. The van der Waals surface area contributed by atoms with E-state index in [0.29, 0.717) is 17.4 Å². The monoisotopic (exact) mass is 291 g/mol. The molecule has 1 N–H and O–H groups in total. The Morgan fingerprint density at radius 1 is 1.38 bits per heavy atom. The van der Waals surface area contributed by atoms with Crippen molar-refractivity contribution in [2.75, 3.05) is 13.1 Å². The van der Waals surface area contributed by atoms with Crippen molar-refractivity contribution in [3.05, 3.63) is 44.9 Å². The lowest BCUT2D eigenvalue weighted by molar-refractivity contribution is 0.327. The Kier molecular flexibility index (Phi) is 3.63. The van der Waals surface area contributed by atoms with Gasteiger partial charge in [0.1, 0.15) is 5.82 Å². The number of aromatic nitrogens is 2. The Morgan fingerprint density at radius 3 is 2.90 bits per heavy atom. The van der Waals surface area contributed by atoms with Crippen LogP contribution in [-0.2, 0) is 13.6 Å². The van der Waals surface area contributed by atoms with Crippen molar-refractivity contribution in [3.8, 4) is 0 Å². The highest BCUT2D eigenvalue weighted by Crippen LogP contribution is 2.13. The van der Waals surface area contributed by atoms with E-state index in [-0.39, 0.29) is 17.2 Å². The molecule has 21 heavy (non-hydrogen) atoms. The molecular formula is C15H18FN3O2. The first-order chi connectivity index (χ1) is 10.1. The molecule has 1 aliphatic rings. The summed E-state index contributed by atoms with van der Waals surface area (Å²) in [7, 11) is 1.57. The SMILES string of the molecule is Cn1c(=O)n(CC2CCCNC2)c(=O)c2ccc(F)cc21. The molecule has 1 saturated heterocycles. The third-order valence-electron chi connectivity index (χ3n) is 4.15. The third kappa shape index (κ3) is 2.51. The van der Waals surface area contributed by atoms with Gasteiger partial charge < -0.3 is 5.32 Å². The van der Waals surface area contributed by atoms with Gasteiger partial charge >= 0.3 is 5.69 Å². The van der Waals surface area contributed by atoms with Crippen molar-refractivity contribution >= 4 is 10.9 Å². The Labute approximate surface area is 121 Å². The highest BCUT2D eigenvalue weighted by molar-refractivity contribution is 5.77. The molecule has 2 heterocycles. The number of hydrogen-bond acceptors (Lipinski definition) is 3. The molecule has 0 spiro atoms. The van der Waals surface area contributed by atoms with E-state index in [9.17, 15) is 14.0 Å². The van der Waals surface area contributed by atoms with Crippen molar-refractivity contribution in [1.29, 1.82) is 0 Å². The molecule has 0 radical (unpaired) electrons. The highest BCUT2D eigenvalue weighted by atomic mass is 19.1. The molecule has 1 aliphatic heterocycles. The van der Waals surface area contributed by atoms with E-state index in [1.165, 1.54) is 27.3 Å². The van der Waals surface area contributed by atoms with Crippen LogP contribution in [0.25, 0.3) is 10.9 Å². The maximum atomic E-state index is 13.3. The Hall–Kier alpha value is -1.95. The lowest BCUT2D eigenvalue weighted by atomic mass is 10.00. The second kappa shape index (κ2) is 5.44. The fourth-order valence-corrected chi connectivity index (χ4v) is 2.98. The molecule has 1 fully saturated rings. The quantitative estimate of drug-likeness (QED) is 0.892. The van der Waals surface area contributed by atoms with E-state index in [1.54, 1.807) is 7.05 Å². The fourth-order valence-electron chi connectivity index (χ4n) is 2.98. The number of fused-ring (bicyclic) bond motifs is 1. The van der Waals surface area contributed by atoms with Crippen LogP contribution in [-0.4, -0.2) is 22.2 Å². The van der Waals surface area contributed by atoms with Crippen LogP contribution in [0.5, 0.6) is 0 Å². The van der Waals surface area contributed by atoms with E-state index in [1.807, 2.05) is 0 Å². The van der Waals surface area contributed by atoms with E-state index >= 15 is 0 Å². The molecule has 1 aromatic carbocycles. The molecule has 1 atom stereocenters. The van der Waals surface area contributed by atoms with Gasteiger partial charge in [0, 0.05) is 13.6 Å². The summed E-state index contributed by atoms with van der Waals surface area (Å²) in [5.41, 5.74) is -0.384. The van der Waals surface area contributed by atoms with E-state index < -0.39 is 5.82 Å². The fraction of sp³-hybridized carbons (Fsp3) is 0.467. The minimum Gasteiger partial charge on any atom is -0.316 e. The van der Waals surface area contributed by atoms with Crippen LogP contribution >= 0.6 is 0 Å². The molecule has 0 bridgehead atoms. The van der Waals surface area contributed by atoms with Crippen LogP contribution in [0, 0.1) is 11.7 Å². The Balaban J connectivity index is 2.12. The summed E-state index contributed by atoms with van der Waals surface area (Å²) >= 11 is 0. The van der Waals surface area contributed by atoms with Crippen molar-refractivity contribution < 1.29 is 4.39 Å². The van der Waals surface area contributed by atoms with Crippen LogP contribution in [0.3, 0.4) is 0 Å². The number of nitrogens with zero attached hydrogens (tertiary/aromatic N) is 2. The number of aryl methyl sites for hydroxylation is 1. The van der Waals surface area contributed by atoms with Crippen molar-refractivity contribution in [3.63, 3.8) is 0 Å². The molecule has 1 aromatic heterocycles. The summed E-state index contributed by atoms with van der Waals surface area (Å²) in [4.78, 5) is 24.9. The molecule has 5 nitrogen and oxygen atoms in total. The highest BCUT2D eigenvalue weighted by Gasteiger charge is 2.18. The van der Waals surface area contributed by atoms with E-state index in [0.717, 1.165) is 25.9 Å². The minimum absolute atomic E-state index is 0.280. The summed E-state index contributed by atoms with van der Waals surface area (Å²) in [5.74, 6) is -0.173. The zero-order chi connectivity index (χ0) is 15.0. The first kappa shape index (κ1) is 14.0. The predicted molar refractivity (Wildman–Crippen MR) is 79.0 cm³/mol. The summed E-state index contributed by atoms with van der Waals surface area (Å²) in [5, 5.41) is 3.66. The maximum Gasteiger partial charge on any atom is 0.331 e. The summed E-state index contributed by atoms with van der Waals surface area (Å²) in [6, 6.07) is 3.92. The molecule has 3 rings (SSSR count). The van der Waals surface area contributed by atoms with Gasteiger partial charge in [0.05, 0.1) is 10.9 Å². The molecule has 112 valence electrons. The van der Waals surface area contributed by atoms with Gasteiger partial charge in [-0.1, -0.05) is 0 Å². The van der Waals surface area contributed by atoms with Crippen LogP contribution < -0.4 is 16.6 Å². The molecule has 0 saturated carbocycles. The first-order valence-electron chi connectivity index (χ1n) is 7.17. The summed E-state index contributed by atoms with van der Waals surface area (Å²) < 4.78 is 15.9. The van der Waals surface area contributed by atoms with Gasteiger partial charge in [-0.05, 0) is 50.0 Å². The zero-order valence-electron chi connectivity index (χ0n) is 11.9. The average molecular weight is 291 g/mol. The molecule has 0 aliphatic carbocycles. The Morgan fingerprint density at radius 2 is 2.19 bits per heavy atom. The van der Waals surface area contributed by atoms with Gasteiger partial charge in [-0.25, -0.2) is 9.18 Å². The molecule has 1 unspecified atom stereocenters. The predicted octanol–water partition coefficient (Wildman–Crippen LogP) is 0.839. The van der Waals surface area contributed by atoms with Gasteiger partial charge in [0.15, 0.2) is 0 Å². The first-order valence-corrected chi connectivity index (χ1v) is 7.17. The van der Waals surface area contributed by atoms with Gasteiger partial charge in [0.25, 0.3) is 5.56 Å². The zero-order valence-corrected chi connectivity index (χ0v) is 11.9. The number of piperidine rings is 1. The van der Waals surface area contributed by atoms with Gasteiger partial charge in [-0.2, -0.15) is 0 Å². The lowest BCUT2D eigenvalue weighted by Crippen LogP contribution is -2.43.